The van der Waals surface area contributed by atoms with E-state index in [2.05, 4.69) is 5.32 Å². The summed E-state index contributed by atoms with van der Waals surface area (Å²) in [6.45, 7) is 1.88. The zero-order valence-electron chi connectivity index (χ0n) is 7.12. The molecular formula is C8H16N2O2. The van der Waals surface area contributed by atoms with Gasteiger partial charge in [-0.05, 0) is 38.3 Å². The number of rotatable bonds is 2. The van der Waals surface area contributed by atoms with Crippen LogP contribution in [0.1, 0.15) is 19.3 Å². The van der Waals surface area contributed by atoms with Gasteiger partial charge in [-0.1, -0.05) is 0 Å². The molecule has 0 bridgehead atoms. The minimum absolute atomic E-state index is 0.150. The van der Waals surface area contributed by atoms with Crippen LogP contribution in [0, 0.1) is 5.92 Å². The van der Waals surface area contributed by atoms with Crippen LogP contribution >= 0.6 is 0 Å². The van der Waals surface area contributed by atoms with Gasteiger partial charge in [0, 0.05) is 0 Å². The molecule has 4 heteroatoms. The van der Waals surface area contributed by atoms with Crippen molar-refractivity contribution in [1.82, 2.24) is 5.32 Å². The number of carbonyl (C=O) groups is 1. The van der Waals surface area contributed by atoms with Gasteiger partial charge >= 0.3 is 5.97 Å². The second-order valence-electron chi connectivity index (χ2n) is 3.31. The predicted octanol–water partition coefficient (Wildman–Crippen LogP) is -0.212. The molecule has 1 heterocycles. The normalized spacial score (nSPS) is 27.6. The second kappa shape index (κ2) is 4.42. The third-order valence-corrected chi connectivity index (χ3v) is 2.41. The van der Waals surface area contributed by atoms with Crippen molar-refractivity contribution in [2.75, 3.05) is 13.1 Å². The first-order chi connectivity index (χ1) is 5.72. The number of nitrogens with two attached hydrogens (primary N) is 1. The highest BCUT2D eigenvalue weighted by atomic mass is 16.4. The summed E-state index contributed by atoms with van der Waals surface area (Å²) in [4.78, 5) is 10.6. The van der Waals surface area contributed by atoms with Gasteiger partial charge in [0.25, 0.3) is 0 Å². The highest BCUT2D eigenvalue weighted by Crippen LogP contribution is 2.16. The lowest BCUT2D eigenvalue weighted by Crippen LogP contribution is -2.38. The van der Waals surface area contributed by atoms with Crippen LogP contribution in [0.5, 0.6) is 0 Å². The zero-order chi connectivity index (χ0) is 8.97. The van der Waals surface area contributed by atoms with Crippen molar-refractivity contribution in [3.8, 4) is 0 Å². The monoisotopic (exact) mass is 172 g/mol. The molecule has 2 unspecified atom stereocenters. The van der Waals surface area contributed by atoms with E-state index in [0.717, 1.165) is 32.4 Å². The lowest BCUT2D eigenvalue weighted by atomic mass is 9.93. The van der Waals surface area contributed by atoms with Gasteiger partial charge in [-0.2, -0.15) is 0 Å². The van der Waals surface area contributed by atoms with Crippen molar-refractivity contribution in [3.05, 3.63) is 0 Å². The third-order valence-electron chi connectivity index (χ3n) is 2.41. The van der Waals surface area contributed by atoms with E-state index in [0.29, 0.717) is 0 Å². The molecule has 0 aliphatic carbocycles. The van der Waals surface area contributed by atoms with Crippen molar-refractivity contribution >= 4 is 5.97 Å². The summed E-state index contributed by atoms with van der Waals surface area (Å²) >= 11 is 0. The molecule has 0 spiro atoms. The van der Waals surface area contributed by atoms with E-state index in [4.69, 9.17) is 10.8 Å². The topological polar surface area (TPSA) is 75.4 Å². The molecule has 0 aromatic rings. The summed E-state index contributed by atoms with van der Waals surface area (Å²) in [5.74, 6) is -0.723. The maximum atomic E-state index is 10.6. The molecule has 2 atom stereocenters. The average Bonchev–Trinajstić information content (AvgIpc) is 2.30. The van der Waals surface area contributed by atoms with Crippen LogP contribution in [-0.2, 0) is 4.79 Å². The van der Waals surface area contributed by atoms with Gasteiger partial charge in [0.15, 0.2) is 0 Å². The van der Waals surface area contributed by atoms with Crippen molar-refractivity contribution in [2.24, 2.45) is 11.7 Å². The maximum absolute atomic E-state index is 10.6. The van der Waals surface area contributed by atoms with E-state index in [-0.39, 0.29) is 5.92 Å². The Balaban J connectivity index is 2.42. The van der Waals surface area contributed by atoms with E-state index in [1.807, 2.05) is 0 Å². The number of nitrogens with one attached hydrogen (secondary N) is 1. The van der Waals surface area contributed by atoms with Gasteiger partial charge in [-0.15, -0.1) is 0 Å². The van der Waals surface area contributed by atoms with Gasteiger partial charge in [0.2, 0.25) is 0 Å². The number of hydrogen-bond acceptors (Lipinski definition) is 3. The Morgan fingerprint density at radius 3 is 2.92 bits per heavy atom. The molecule has 1 fully saturated rings. The predicted molar refractivity (Wildman–Crippen MR) is 45.8 cm³/mol. The molecule has 1 saturated heterocycles. The van der Waals surface area contributed by atoms with Crippen LogP contribution in [-0.4, -0.2) is 30.2 Å². The number of carboxylic acid groups (broad SMARTS) is 1. The van der Waals surface area contributed by atoms with Crippen LogP contribution in [0.3, 0.4) is 0 Å². The van der Waals surface area contributed by atoms with E-state index in [1.54, 1.807) is 0 Å². The fourth-order valence-corrected chi connectivity index (χ4v) is 1.61. The van der Waals surface area contributed by atoms with Crippen LogP contribution in [0.2, 0.25) is 0 Å². The largest absolute Gasteiger partial charge is 0.480 e. The molecule has 0 saturated carbocycles. The molecule has 1 aliphatic heterocycles. The van der Waals surface area contributed by atoms with Gasteiger partial charge in [-0.3, -0.25) is 4.79 Å². The molecule has 4 nitrogen and oxygen atoms in total. The third kappa shape index (κ3) is 2.46. The van der Waals surface area contributed by atoms with Crippen molar-refractivity contribution in [2.45, 2.75) is 25.3 Å². The molecule has 0 radical (unpaired) electrons. The molecule has 12 heavy (non-hydrogen) atoms. The van der Waals surface area contributed by atoms with Gasteiger partial charge in [0.1, 0.15) is 6.04 Å². The Bertz CT molecular complexity index is 153. The first-order valence-electron chi connectivity index (χ1n) is 4.41. The molecule has 0 aromatic heterocycles. The van der Waals surface area contributed by atoms with Crippen LogP contribution in [0.4, 0.5) is 0 Å². The molecule has 0 amide bonds. The second-order valence-corrected chi connectivity index (χ2v) is 3.31. The number of hydrogen-bond donors (Lipinski definition) is 3. The van der Waals surface area contributed by atoms with Crippen LogP contribution in [0.15, 0.2) is 0 Å². The summed E-state index contributed by atoms with van der Waals surface area (Å²) in [6, 6.07) is -0.676. The molecule has 1 rings (SSSR count). The van der Waals surface area contributed by atoms with E-state index in [9.17, 15) is 4.79 Å². The van der Waals surface area contributed by atoms with Crippen molar-refractivity contribution < 1.29 is 9.90 Å². The molecule has 4 N–H and O–H groups in total. The summed E-state index contributed by atoms with van der Waals surface area (Å²) < 4.78 is 0. The maximum Gasteiger partial charge on any atom is 0.320 e. The average molecular weight is 172 g/mol. The van der Waals surface area contributed by atoms with Crippen LogP contribution < -0.4 is 11.1 Å². The fraction of sp³-hybridized carbons (Fsp3) is 0.875. The summed E-state index contributed by atoms with van der Waals surface area (Å²) in [7, 11) is 0. The summed E-state index contributed by atoms with van der Waals surface area (Å²) in [6.07, 6.45) is 2.85. The van der Waals surface area contributed by atoms with E-state index < -0.39 is 12.0 Å². The zero-order valence-corrected chi connectivity index (χ0v) is 7.12. The van der Waals surface area contributed by atoms with Crippen molar-refractivity contribution in [1.29, 1.82) is 0 Å². The molecule has 0 aromatic carbocycles. The van der Waals surface area contributed by atoms with Crippen LogP contribution in [0.25, 0.3) is 0 Å². The molecule has 70 valence electrons. The Morgan fingerprint density at radius 1 is 1.50 bits per heavy atom. The summed E-state index contributed by atoms with van der Waals surface area (Å²) in [5, 5.41) is 11.9. The molecule has 1 aliphatic rings. The quantitative estimate of drug-likeness (QED) is 0.538. The lowest BCUT2D eigenvalue weighted by molar-refractivity contribution is -0.139. The minimum Gasteiger partial charge on any atom is -0.480 e. The van der Waals surface area contributed by atoms with E-state index in [1.165, 1.54) is 0 Å². The van der Waals surface area contributed by atoms with Crippen molar-refractivity contribution in [3.63, 3.8) is 0 Å². The lowest BCUT2D eigenvalue weighted by Gasteiger charge is -2.17. The number of aliphatic carboxylic acids is 1. The van der Waals surface area contributed by atoms with Gasteiger partial charge < -0.3 is 16.2 Å². The fourth-order valence-electron chi connectivity index (χ4n) is 1.61. The first kappa shape index (κ1) is 9.48. The number of carboxylic acids is 1. The highest BCUT2D eigenvalue weighted by molar-refractivity contribution is 5.73. The van der Waals surface area contributed by atoms with Gasteiger partial charge in [-0.25, -0.2) is 0 Å². The Kier molecular flexibility index (Phi) is 3.49. The Labute approximate surface area is 72.1 Å². The molecular weight excluding hydrogens is 156 g/mol. The SMILES string of the molecule is NC(C(=O)O)C1CCCNCC1. The summed E-state index contributed by atoms with van der Waals surface area (Å²) in [5.41, 5.74) is 5.53. The first-order valence-corrected chi connectivity index (χ1v) is 4.41. The smallest absolute Gasteiger partial charge is 0.320 e. The minimum atomic E-state index is -0.873. The van der Waals surface area contributed by atoms with Gasteiger partial charge in [0.05, 0.1) is 0 Å². The standard InChI is InChI=1S/C8H16N2O2/c9-7(8(11)12)6-2-1-4-10-5-3-6/h6-7,10H,1-5,9H2,(H,11,12). The highest BCUT2D eigenvalue weighted by Gasteiger charge is 2.24. The Hall–Kier alpha value is -0.610. The Morgan fingerprint density at radius 2 is 2.25 bits per heavy atom. The van der Waals surface area contributed by atoms with E-state index >= 15 is 0 Å².